The van der Waals surface area contributed by atoms with Gasteiger partial charge in [0.1, 0.15) is 47.1 Å². The highest BCUT2D eigenvalue weighted by Crippen LogP contribution is 2.50. The molecule has 2 fully saturated rings. The molecule has 4 aliphatic heterocycles. The van der Waals surface area contributed by atoms with Gasteiger partial charge < -0.3 is 55.0 Å². The summed E-state index contributed by atoms with van der Waals surface area (Å²) in [6.07, 6.45) is 5.60. The first-order chi connectivity index (χ1) is 41.0. The van der Waals surface area contributed by atoms with Gasteiger partial charge in [0, 0.05) is 84.0 Å². The number of primary amides is 1. The Morgan fingerprint density at radius 2 is 1.68 bits per heavy atom. The van der Waals surface area contributed by atoms with E-state index in [4.69, 9.17) is 41.0 Å². The van der Waals surface area contributed by atoms with Crippen LogP contribution in [-0.4, -0.2) is 163 Å². The van der Waals surface area contributed by atoms with Crippen molar-refractivity contribution < 1.29 is 76.7 Å². The monoisotopic (exact) mass is 1230 g/mol. The van der Waals surface area contributed by atoms with Gasteiger partial charge in [-0.25, -0.2) is 9.59 Å². The number of halogens is 1. The highest BCUT2D eigenvalue weighted by Gasteiger charge is 2.64. The Kier molecular flexibility index (Phi) is 23.8. The molecule has 23 heteroatoms. The number of nitrogens with zero attached hydrogens (tertiary/aromatic N) is 3. The SMILES string of the molecule is COc1cc(CC(=O)[C@H](CCCNC(N)=O)NC(=O)[C@@H](CC(=O)CCCCCN2C(=O)C=CC2=O)C(C)C)ccc1C(=O)N(C)[C@@H](C)C(=O)O[C@H]1CC(=O)N(C)c2cc(cc(C)c2Cl)C/C(C)=C/C=C/[C@@H](OC)[C@]2(O)CC(=O)O[C@@H](C2)[C@@H](C)[C@@H]2O[C@@]12C. The van der Waals surface area contributed by atoms with Gasteiger partial charge in [-0.3, -0.25) is 43.3 Å². The highest BCUT2D eigenvalue weighted by atomic mass is 35.5. The van der Waals surface area contributed by atoms with Gasteiger partial charge in [0.15, 0.2) is 5.78 Å². The number of hydrogen-bond donors (Lipinski definition) is 4. The van der Waals surface area contributed by atoms with E-state index in [2.05, 4.69) is 10.6 Å². The van der Waals surface area contributed by atoms with Crippen molar-refractivity contribution in [3.05, 3.63) is 93.6 Å². The van der Waals surface area contributed by atoms with Gasteiger partial charge in [-0.05, 0) is 101 Å². The van der Waals surface area contributed by atoms with Gasteiger partial charge in [-0.2, -0.15) is 0 Å². The molecular weight excluding hydrogens is 1140 g/mol. The molecule has 5 N–H and O–H groups in total. The predicted octanol–water partition coefficient (Wildman–Crippen LogP) is 6.15. The number of aryl methyl sites for hydroxylation is 1. The summed E-state index contributed by atoms with van der Waals surface area (Å²) in [6, 6.07) is 5.15. The van der Waals surface area contributed by atoms with Gasteiger partial charge in [0.05, 0.1) is 48.4 Å². The molecule has 474 valence electrons. The van der Waals surface area contributed by atoms with Crippen LogP contribution < -0.4 is 26.0 Å². The summed E-state index contributed by atoms with van der Waals surface area (Å²) in [5.41, 5.74) is 5.68. The van der Waals surface area contributed by atoms with Crippen molar-refractivity contribution in [3.8, 4) is 5.75 Å². The lowest BCUT2D eigenvalue weighted by molar-refractivity contribution is -0.187. The summed E-state index contributed by atoms with van der Waals surface area (Å²) in [4.78, 5) is 137. The number of amides is 7. The number of likely N-dealkylation sites (N-methyl/N-ethyl adjacent to an activating group) is 1. The Morgan fingerprint density at radius 1 is 0.977 bits per heavy atom. The molecule has 4 bridgehead atoms. The molecule has 0 spiro atoms. The maximum absolute atomic E-state index is 14.5. The molecule has 87 heavy (non-hydrogen) atoms. The third-order valence-electron chi connectivity index (χ3n) is 17.1. The van der Waals surface area contributed by atoms with Crippen LogP contribution in [0.1, 0.15) is 133 Å². The number of aliphatic hydroxyl groups is 1. The fourth-order valence-electron chi connectivity index (χ4n) is 11.5. The number of unbranched alkanes of at least 4 members (excludes halogenated alkanes) is 2. The summed E-state index contributed by atoms with van der Waals surface area (Å²) in [5, 5.41) is 17.7. The van der Waals surface area contributed by atoms with Crippen molar-refractivity contribution in [3.63, 3.8) is 0 Å². The van der Waals surface area contributed by atoms with Crippen LogP contribution in [0.4, 0.5) is 10.5 Å². The average molecular weight is 1230 g/mol. The molecule has 0 radical (unpaired) electrons. The topological polar surface area (TPSA) is 300 Å². The van der Waals surface area contributed by atoms with Gasteiger partial charge >= 0.3 is 18.0 Å². The third kappa shape index (κ3) is 17.5. The number of anilines is 1. The fourth-order valence-corrected chi connectivity index (χ4v) is 11.7. The van der Waals surface area contributed by atoms with E-state index < -0.39 is 107 Å². The first kappa shape index (κ1) is 68.8. The van der Waals surface area contributed by atoms with Crippen LogP contribution in [0.25, 0.3) is 0 Å². The van der Waals surface area contributed by atoms with Crippen molar-refractivity contribution in [1.82, 2.24) is 20.4 Å². The van der Waals surface area contributed by atoms with Crippen LogP contribution >= 0.6 is 11.6 Å². The number of allylic oxidation sites excluding steroid dienone is 3. The van der Waals surface area contributed by atoms with Crippen molar-refractivity contribution in [2.45, 2.75) is 173 Å². The average Bonchev–Trinajstić information content (AvgIpc) is 1.65. The number of methoxy groups -OCH3 is 2. The number of carbonyl (C=O) groups excluding carboxylic acids is 10. The lowest BCUT2D eigenvalue weighted by Gasteiger charge is -2.41. The predicted molar refractivity (Wildman–Crippen MR) is 322 cm³/mol. The van der Waals surface area contributed by atoms with Crippen molar-refractivity contribution in [2.24, 2.45) is 23.5 Å². The zero-order valence-electron chi connectivity index (χ0n) is 51.7. The minimum atomic E-state index is -1.65. The van der Waals surface area contributed by atoms with Crippen LogP contribution in [0.15, 0.2) is 66.3 Å². The van der Waals surface area contributed by atoms with E-state index in [1.807, 2.05) is 32.1 Å². The number of nitrogens with two attached hydrogens (primary N) is 1. The molecule has 0 aliphatic carbocycles. The zero-order chi connectivity index (χ0) is 64.2. The number of fused-ring (bicyclic) bond motifs is 5. The van der Waals surface area contributed by atoms with Crippen LogP contribution in [0.2, 0.25) is 5.02 Å². The summed E-state index contributed by atoms with van der Waals surface area (Å²) in [7, 11) is 5.75. The Hall–Kier alpha value is -7.27. The third-order valence-corrected chi connectivity index (χ3v) is 17.6. The lowest BCUT2D eigenvalue weighted by Crippen LogP contribution is -2.53. The van der Waals surface area contributed by atoms with E-state index in [0.29, 0.717) is 42.0 Å². The number of urea groups is 1. The van der Waals surface area contributed by atoms with Gasteiger partial charge in [-0.1, -0.05) is 74.7 Å². The number of esters is 2. The Morgan fingerprint density at radius 3 is 2.33 bits per heavy atom. The number of imide groups is 1. The number of ether oxygens (including phenoxy) is 5. The molecule has 10 atom stereocenters. The molecule has 6 rings (SSSR count). The fraction of sp³-hybridized carbons (Fsp3) is 0.562. The Labute approximate surface area is 513 Å². The quantitative estimate of drug-likeness (QED) is 0.0397. The molecule has 7 amide bonds. The van der Waals surface area contributed by atoms with E-state index in [1.54, 1.807) is 53.0 Å². The first-order valence-electron chi connectivity index (χ1n) is 29.6. The first-order valence-corrected chi connectivity index (χ1v) is 30.0. The smallest absolute Gasteiger partial charge is 0.328 e. The van der Waals surface area contributed by atoms with Crippen LogP contribution in [0, 0.1) is 24.7 Å². The summed E-state index contributed by atoms with van der Waals surface area (Å²) in [6.45, 7) is 12.7. The molecule has 4 heterocycles. The van der Waals surface area contributed by atoms with E-state index >= 15 is 0 Å². The number of benzene rings is 2. The summed E-state index contributed by atoms with van der Waals surface area (Å²) >= 11 is 6.88. The van der Waals surface area contributed by atoms with E-state index in [1.165, 1.54) is 57.4 Å². The van der Waals surface area contributed by atoms with E-state index in [9.17, 15) is 53.1 Å². The number of carbonyl (C=O) groups is 10. The maximum Gasteiger partial charge on any atom is 0.328 e. The van der Waals surface area contributed by atoms with Crippen LogP contribution in [-0.2, 0) is 70.1 Å². The van der Waals surface area contributed by atoms with Crippen LogP contribution in [0.5, 0.6) is 5.75 Å². The van der Waals surface area contributed by atoms with Crippen molar-refractivity contribution in [1.29, 1.82) is 0 Å². The number of ketones is 2. The molecule has 2 aromatic carbocycles. The molecule has 22 nitrogen and oxygen atoms in total. The lowest BCUT2D eigenvalue weighted by atomic mass is 9.78. The molecule has 0 unspecified atom stereocenters. The molecular formula is C64H85ClN6O16. The minimum Gasteiger partial charge on any atom is -0.496 e. The summed E-state index contributed by atoms with van der Waals surface area (Å²) < 4.78 is 29.9. The van der Waals surface area contributed by atoms with Gasteiger partial charge in [0.2, 0.25) is 11.8 Å². The largest absolute Gasteiger partial charge is 0.496 e. The van der Waals surface area contributed by atoms with Gasteiger partial charge in [-0.15, -0.1) is 0 Å². The standard InChI is InChI=1S/C64H85ClN6O16/c1-36(2)45(32-43(72)18-13-12-14-26-71-53(74)23-24-54(71)75)59(78)68-46(19-16-25-67-62(66)81)48(73)30-41-21-22-44(49(31-41)83-10)60(79)69(8)40(6)61(80)86-52-33-55(76)70(9)47-29-42(28-38(4)57(47)65)27-37(3)17-15-20-51(84-11)64(82)34-50(85-56(77)35-64)39(5)58-63(52,7)87-58/h15,17,20-24,28-29,31,36,39-40,45-46,50-52,58,82H,12-14,16,18-19,25-27,30,32-35H2,1-11H3,(H,68,78)(H3,66,67,81)/b20-15+,37-17+/t39-,40+,45+,46+,50+,51-,52+,58+,63+,64-/m1/s1. The number of hydrogen-bond acceptors (Lipinski definition) is 16. The van der Waals surface area contributed by atoms with Crippen molar-refractivity contribution >= 4 is 76.4 Å². The molecule has 4 aliphatic rings. The highest BCUT2D eigenvalue weighted by molar-refractivity contribution is 6.34. The normalized spacial score (nSPS) is 25.1. The second-order valence-electron chi connectivity index (χ2n) is 24.0. The van der Waals surface area contributed by atoms with Gasteiger partial charge in [0.25, 0.3) is 17.7 Å². The van der Waals surface area contributed by atoms with Crippen LogP contribution in [0.3, 0.4) is 0 Å². The number of rotatable bonds is 24. The van der Waals surface area contributed by atoms with Crippen molar-refractivity contribution in [2.75, 3.05) is 46.3 Å². The van der Waals surface area contributed by atoms with E-state index in [0.717, 1.165) is 26.5 Å². The molecule has 2 aromatic rings. The number of epoxide rings is 1. The van der Waals surface area contributed by atoms with E-state index in [-0.39, 0.29) is 92.9 Å². The number of nitrogens with one attached hydrogen (secondary N) is 2. The Balaban J connectivity index is 1.17. The molecule has 0 aromatic heterocycles. The zero-order valence-corrected chi connectivity index (χ0v) is 52.5. The minimum absolute atomic E-state index is 0.0124. The maximum atomic E-state index is 14.5. The second kappa shape index (κ2) is 30.1. The summed E-state index contributed by atoms with van der Waals surface area (Å²) in [5.74, 6) is -6.05. The molecule has 0 saturated carbocycles. The second-order valence-corrected chi connectivity index (χ2v) is 24.4. The Bertz CT molecular complexity index is 3030. The molecule has 2 saturated heterocycles. The number of Topliss-reactive ketones (excluding diaryl/α,β-unsaturated/α-hetero) is 2.